The first-order valence-corrected chi connectivity index (χ1v) is 3.50. The van der Waals surface area contributed by atoms with Gasteiger partial charge in [-0.15, -0.1) is 12.1 Å². The van der Waals surface area contributed by atoms with Crippen molar-refractivity contribution in [1.82, 2.24) is 0 Å². The van der Waals surface area contributed by atoms with E-state index in [4.69, 9.17) is 10.8 Å². The molecule has 0 saturated carbocycles. The third-order valence-corrected chi connectivity index (χ3v) is 1.57. The minimum Gasteiger partial charge on any atom is -0.495 e. The molecule has 0 aliphatic carbocycles. The van der Waals surface area contributed by atoms with Gasteiger partial charge in [-0.25, -0.2) is 0 Å². The van der Waals surface area contributed by atoms with Crippen molar-refractivity contribution in [3.05, 3.63) is 36.7 Å². The summed E-state index contributed by atoms with van der Waals surface area (Å²) >= 11 is 0. The molecule has 0 amide bonds. The predicted molar refractivity (Wildman–Crippen MR) is 49.9 cm³/mol. The van der Waals surface area contributed by atoms with E-state index in [1.807, 2.05) is 0 Å². The number of anilines is 2. The number of benzene rings is 1. The maximum absolute atomic E-state index is 9.02. The first kappa shape index (κ1) is 12.4. The normalized spacial score (nSPS) is 8.69. The van der Waals surface area contributed by atoms with E-state index in [0.29, 0.717) is 5.69 Å². The molecule has 0 aliphatic heterocycles. The van der Waals surface area contributed by atoms with Gasteiger partial charge in [0.15, 0.2) is 5.88 Å². The first-order valence-electron chi connectivity index (χ1n) is 3.50. The molecule has 4 heteroatoms. The van der Waals surface area contributed by atoms with Crippen LogP contribution in [0.2, 0.25) is 0 Å². The molecule has 0 atom stereocenters. The van der Waals surface area contributed by atoms with Crippen LogP contribution in [0, 0.1) is 37.2 Å². The third-order valence-electron chi connectivity index (χ3n) is 1.57. The van der Waals surface area contributed by atoms with Crippen LogP contribution in [-0.4, -0.2) is 12.2 Å². The Kier molecular flexibility index (Phi) is 4.97. The molecule has 0 aromatic heterocycles. The van der Waals surface area contributed by atoms with Crippen LogP contribution in [0.4, 0.5) is 11.4 Å². The predicted octanol–water partition coefficient (Wildman–Crippen LogP) is 1.53. The molecule has 0 spiro atoms. The summed E-state index contributed by atoms with van der Waals surface area (Å²) in [4.78, 5) is 1.51. The largest absolute Gasteiger partial charge is 0.495 e. The summed E-state index contributed by atoms with van der Waals surface area (Å²) in [6.45, 7) is 3.38. The number of hydrogen-bond acceptors (Lipinski definition) is 3. The van der Waals surface area contributed by atoms with E-state index < -0.39 is 0 Å². The molecule has 1 aromatic carbocycles. The topological polar surface area (TPSA) is 49.5 Å². The average Bonchev–Trinajstić information content (AvgIpc) is 2.04. The van der Waals surface area contributed by atoms with Crippen LogP contribution >= 0.6 is 0 Å². The van der Waals surface area contributed by atoms with Crippen LogP contribution in [0.25, 0.3) is 0 Å². The van der Waals surface area contributed by atoms with Crippen molar-refractivity contribution >= 4 is 11.4 Å². The number of rotatable bonds is 2. The minimum absolute atomic E-state index is 0. The number of nitrogens with zero attached hydrogens (tertiary/aromatic N) is 1. The van der Waals surface area contributed by atoms with Crippen LogP contribution < -0.4 is 10.6 Å². The number of nitrogen functional groups attached to an aromatic ring is 1. The zero-order chi connectivity index (χ0) is 9.14. The molecule has 68 valence electrons. The summed E-state index contributed by atoms with van der Waals surface area (Å²) in [5, 5.41) is 9.02. The van der Waals surface area contributed by atoms with E-state index in [9.17, 15) is 0 Å². The summed E-state index contributed by atoms with van der Waals surface area (Å²) < 4.78 is 0. The third kappa shape index (κ3) is 3.33. The molecule has 0 radical (unpaired) electrons. The summed E-state index contributed by atoms with van der Waals surface area (Å²) in [5.41, 5.74) is 6.85. The molecule has 1 aromatic rings. The van der Waals surface area contributed by atoms with E-state index in [-0.39, 0.29) is 37.0 Å². The molecule has 0 heterocycles. The van der Waals surface area contributed by atoms with Crippen LogP contribution in [0.1, 0.15) is 0 Å². The second-order valence-electron chi connectivity index (χ2n) is 2.48. The number of nitrogens with two attached hydrogens (primary N) is 1. The molecule has 1 rings (SSSR count). The monoisotopic (exact) mass is 401 g/mol. The van der Waals surface area contributed by atoms with Crippen molar-refractivity contribution in [3.8, 4) is 0 Å². The number of aliphatic hydroxyl groups excluding tert-OH is 1. The second-order valence-corrected chi connectivity index (χ2v) is 2.48. The van der Waals surface area contributed by atoms with E-state index in [1.165, 1.54) is 4.90 Å². The van der Waals surface area contributed by atoms with Crippen LogP contribution in [0.5, 0.6) is 0 Å². The fourth-order valence-electron chi connectivity index (χ4n) is 0.776. The molecule has 3 N–H and O–H groups in total. The van der Waals surface area contributed by atoms with Crippen molar-refractivity contribution in [2.45, 2.75) is 0 Å². The standard InChI is InChI=1S/C9H11N2O.U/c1-7(12)11(2)9-5-3-8(10)4-6-9;/h3-5,12H,1,10H2,2H3;/q-1;. The Morgan fingerprint density at radius 3 is 2.62 bits per heavy atom. The quantitative estimate of drug-likeness (QED) is 0.449. The van der Waals surface area contributed by atoms with Gasteiger partial charge in [-0.05, 0) is 6.58 Å². The molecule has 0 bridgehead atoms. The van der Waals surface area contributed by atoms with Gasteiger partial charge in [0.05, 0.1) is 0 Å². The first-order chi connectivity index (χ1) is 5.61. The van der Waals surface area contributed by atoms with Gasteiger partial charge in [-0.2, -0.15) is 12.1 Å². The maximum Gasteiger partial charge on any atom is 0.181 e. The van der Waals surface area contributed by atoms with Crippen molar-refractivity contribution in [3.63, 3.8) is 0 Å². The molecule has 0 aliphatic rings. The van der Waals surface area contributed by atoms with Gasteiger partial charge in [0.1, 0.15) is 0 Å². The van der Waals surface area contributed by atoms with Crippen LogP contribution in [0.15, 0.2) is 30.7 Å². The second kappa shape index (κ2) is 5.21. The van der Waals surface area contributed by atoms with E-state index >= 15 is 0 Å². The number of hydrogen-bond donors (Lipinski definition) is 2. The minimum atomic E-state index is -0.0176. The molecular weight excluding hydrogens is 390 g/mol. The Morgan fingerprint density at radius 1 is 1.62 bits per heavy atom. The van der Waals surface area contributed by atoms with Gasteiger partial charge < -0.3 is 15.7 Å². The van der Waals surface area contributed by atoms with Gasteiger partial charge in [0, 0.05) is 38.2 Å². The molecule has 3 nitrogen and oxygen atoms in total. The van der Waals surface area contributed by atoms with E-state index in [2.05, 4.69) is 12.6 Å². The molecule has 13 heavy (non-hydrogen) atoms. The summed E-state index contributed by atoms with van der Waals surface area (Å²) in [6.07, 6.45) is 0. The van der Waals surface area contributed by atoms with Gasteiger partial charge in [0.25, 0.3) is 0 Å². The summed E-state index contributed by atoms with van der Waals surface area (Å²) in [5.74, 6) is -0.0176. The van der Waals surface area contributed by atoms with Gasteiger partial charge >= 0.3 is 0 Å². The summed E-state index contributed by atoms with van der Waals surface area (Å²) in [6, 6.07) is 8.05. The average molecular weight is 401 g/mol. The number of aliphatic hydroxyl groups is 1. The van der Waals surface area contributed by atoms with Crippen molar-refractivity contribution in [2.24, 2.45) is 0 Å². The smallest absolute Gasteiger partial charge is 0.181 e. The fraction of sp³-hybridized carbons (Fsp3) is 0.111. The Hall–Kier alpha value is -0.588. The molecule has 0 fully saturated rings. The Balaban J connectivity index is 0.00000144. The zero-order valence-corrected chi connectivity index (χ0v) is 11.6. The summed E-state index contributed by atoms with van der Waals surface area (Å²) in [7, 11) is 1.70. The van der Waals surface area contributed by atoms with Crippen molar-refractivity contribution in [1.29, 1.82) is 0 Å². The van der Waals surface area contributed by atoms with E-state index in [0.717, 1.165) is 5.69 Å². The van der Waals surface area contributed by atoms with Crippen molar-refractivity contribution in [2.75, 3.05) is 17.7 Å². The van der Waals surface area contributed by atoms with Crippen molar-refractivity contribution < 1.29 is 36.2 Å². The fourth-order valence-corrected chi connectivity index (χ4v) is 0.776. The van der Waals surface area contributed by atoms with Gasteiger partial charge in [-0.3, -0.25) is 0 Å². The van der Waals surface area contributed by atoms with Crippen LogP contribution in [0.3, 0.4) is 0 Å². The van der Waals surface area contributed by atoms with Gasteiger partial charge in [0.2, 0.25) is 0 Å². The van der Waals surface area contributed by atoms with Crippen LogP contribution in [-0.2, 0) is 0 Å². The Morgan fingerprint density at radius 2 is 2.23 bits per heavy atom. The Labute approximate surface area is 102 Å². The van der Waals surface area contributed by atoms with E-state index in [1.54, 1.807) is 25.2 Å². The van der Waals surface area contributed by atoms with Gasteiger partial charge in [-0.1, -0.05) is 11.4 Å². The molecule has 0 unspecified atom stereocenters. The molecular formula is C9H11N2OU-. The zero-order valence-electron chi connectivity index (χ0n) is 7.41. The maximum atomic E-state index is 9.02. The SMILES string of the molecule is C=C(O)N(C)c1[c-]cc(N)cc1.[U]. The Bertz CT molecular complexity index is 284. The molecule has 0 saturated heterocycles.